The molecule has 0 aromatic carbocycles. The van der Waals surface area contributed by atoms with E-state index in [2.05, 4.69) is 34.5 Å². The van der Waals surface area contributed by atoms with Crippen LogP contribution in [0.3, 0.4) is 0 Å². The van der Waals surface area contributed by atoms with Crippen molar-refractivity contribution in [2.24, 2.45) is 10.9 Å². The highest BCUT2D eigenvalue weighted by Crippen LogP contribution is 1.96. The molecule has 0 atom stereocenters. The van der Waals surface area contributed by atoms with Crippen molar-refractivity contribution in [1.82, 2.24) is 15.6 Å². The fourth-order valence-corrected chi connectivity index (χ4v) is 1.38. The number of nitrogens with one attached hydrogen (secondary N) is 2. The molecule has 1 rings (SSSR count). The summed E-state index contributed by atoms with van der Waals surface area (Å²) in [5, 5.41) is 6.52. The van der Waals surface area contributed by atoms with Gasteiger partial charge in [-0.3, -0.25) is 9.98 Å². The fraction of sp³-hybridized carbons (Fsp3) is 0.538. The van der Waals surface area contributed by atoms with E-state index in [0.29, 0.717) is 12.5 Å². The third kappa shape index (κ3) is 7.47. The molecule has 4 nitrogen and oxygen atoms in total. The quantitative estimate of drug-likeness (QED) is 0.481. The number of hydrogen-bond donors (Lipinski definition) is 2. The molecule has 5 heteroatoms. The molecule has 0 bridgehead atoms. The minimum absolute atomic E-state index is 0. The molecule has 18 heavy (non-hydrogen) atoms. The highest BCUT2D eigenvalue weighted by molar-refractivity contribution is 14.0. The molecule has 102 valence electrons. The van der Waals surface area contributed by atoms with Crippen LogP contribution in [0.25, 0.3) is 0 Å². The number of pyridine rings is 1. The first kappa shape index (κ1) is 17.2. The minimum Gasteiger partial charge on any atom is -0.356 e. The smallest absolute Gasteiger partial charge is 0.191 e. The van der Waals surface area contributed by atoms with E-state index in [9.17, 15) is 0 Å². The highest BCUT2D eigenvalue weighted by Gasteiger charge is 1.99. The van der Waals surface area contributed by atoms with Gasteiger partial charge < -0.3 is 10.6 Å². The van der Waals surface area contributed by atoms with Crippen molar-refractivity contribution >= 4 is 29.9 Å². The van der Waals surface area contributed by atoms with Crippen LogP contribution in [0.2, 0.25) is 0 Å². The summed E-state index contributed by atoms with van der Waals surface area (Å²) < 4.78 is 0. The van der Waals surface area contributed by atoms with Crippen LogP contribution >= 0.6 is 24.0 Å². The van der Waals surface area contributed by atoms with Crippen LogP contribution in [0.1, 0.15) is 26.0 Å². The van der Waals surface area contributed by atoms with Crippen LogP contribution < -0.4 is 10.6 Å². The van der Waals surface area contributed by atoms with Crippen molar-refractivity contribution in [2.75, 3.05) is 13.6 Å². The van der Waals surface area contributed by atoms with Gasteiger partial charge in [-0.25, -0.2) is 0 Å². The molecular formula is C13H23IN4. The lowest BCUT2D eigenvalue weighted by Crippen LogP contribution is -2.37. The van der Waals surface area contributed by atoms with Gasteiger partial charge in [0.25, 0.3) is 0 Å². The Morgan fingerprint density at radius 3 is 2.67 bits per heavy atom. The van der Waals surface area contributed by atoms with E-state index in [4.69, 9.17) is 0 Å². The maximum atomic E-state index is 4.25. The first-order valence-electron chi connectivity index (χ1n) is 6.06. The first-order chi connectivity index (χ1) is 8.22. The summed E-state index contributed by atoms with van der Waals surface area (Å²) in [6.45, 7) is 6.07. The van der Waals surface area contributed by atoms with E-state index in [1.807, 2.05) is 18.2 Å². The molecule has 0 unspecified atom stereocenters. The molecule has 0 aliphatic heterocycles. The summed E-state index contributed by atoms with van der Waals surface area (Å²) in [4.78, 5) is 8.41. The van der Waals surface area contributed by atoms with E-state index in [1.54, 1.807) is 13.2 Å². The van der Waals surface area contributed by atoms with Gasteiger partial charge in [0.1, 0.15) is 0 Å². The largest absolute Gasteiger partial charge is 0.356 e. The van der Waals surface area contributed by atoms with Gasteiger partial charge >= 0.3 is 0 Å². The number of rotatable bonds is 5. The second-order valence-corrected chi connectivity index (χ2v) is 4.36. The zero-order chi connectivity index (χ0) is 12.5. The van der Waals surface area contributed by atoms with Gasteiger partial charge in [-0.1, -0.05) is 19.9 Å². The summed E-state index contributed by atoms with van der Waals surface area (Å²) in [7, 11) is 1.78. The molecule has 0 saturated heterocycles. The van der Waals surface area contributed by atoms with Gasteiger partial charge in [-0.05, 0) is 24.5 Å². The molecule has 1 heterocycles. The van der Waals surface area contributed by atoms with Crippen molar-refractivity contribution < 1.29 is 0 Å². The lowest BCUT2D eigenvalue weighted by Gasteiger charge is -2.12. The number of aromatic nitrogens is 1. The number of nitrogens with zero attached hydrogens (tertiary/aromatic N) is 2. The first-order valence-corrected chi connectivity index (χ1v) is 6.06. The van der Waals surface area contributed by atoms with Crippen LogP contribution in [0, 0.1) is 5.92 Å². The van der Waals surface area contributed by atoms with Gasteiger partial charge in [0.2, 0.25) is 0 Å². The maximum absolute atomic E-state index is 4.25. The zero-order valence-corrected chi connectivity index (χ0v) is 13.6. The molecule has 0 radical (unpaired) electrons. The van der Waals surface area contributed by atoms with Crippen molar-refractivity contribution in [1.29, 1.82) is 0 Å². The molecule has 1 aromatic heterocycles. The Morgan fingerprint density at radius 1 is 1.33 bits per heavy atom. The lowest BCUT2D eigenvalue weighted by molar-refractivity contribution is 0.573. The standard InChI is InChI=1S/C13H22N4.HI/c1-11(2)7-9-16-13(14-3)17-10-12-6-4-5-8-15-12;/h4-6,8,11H,7,9-10H2,1-3H3,(H2,14,16,17);1H. The van der Waals surface area contributed by atoms with E-state index >= 15 is 0 Å². The van der Waals surface area contributed by atoms with Gasteiger partial charge in [0.15, 0.2) is 5.96 Å². The molecule has 0 aliphatic rings. The van der Waals surface area contributed by atoms with Crippen LogP contribution in [-0.4, -0.2) is 24.5 Å². The van der Waals surface area contributed by atoms with Crippen molar-refractivity contribution in [3.05, 3.63) is 30.1 Å². The summed E-state index contributed by atoms with van der Waals surface area (Å²) in [6.07, 6.45) is 2.94. The van der Waals surface area contributed by atoms with E-state index in [0.717, 1.165) is 24.6 Å². The molecule has 0 aliphatic carbocycles. The Hall–Kier alpha value is -0.850. The second-order valence-electron chi connectivity index (χ2n) is 4.36. The van der Waals surface area contributed by atoms with Crippen LogP contribution in [0.15, 0.2) is 29.4 Å². The summed E-state index contributed by atoms with van der Waals surface area (Å²) in [5.41, 5.74) is 1.01. The average molecular weight is 362 g/mol. The topological polar surface area (TPSA) is 49.3 Å². The Morgan fingerprint density at radius 2 is 2.11 bits per heavy atom. The predicted octanol–water partition coefficient (Wildman–Crippen LogP) is 2.41. The van der Waals surface area contributed by atoms with Crippen molar-refractivity contribution in [2.45, 2.75) is 26.8 Å². The number of hydrogen-bond acceptors (Lipinski definition) is 2. The third-order valence-electron chi connectivity index (χ3n) is 2.40. The van der Waals surface area contributed by atoms with Crippen LogP contribution in [0.4, 0.5) is 0 Å². The predicted molar refractivity (Wildman–Crippen MR) is 87.3 cm³/mol. The third-order valence-corrected chi connectivity index (χ3v) is 2.40. The van der Waals surface area contributed by atoms with E-state index in [1.165, 1.54) is 0 Å². The Labute approximate surface area is 127 Å². The summed E-state index contributed by atoms with van der Waals surface area (Å²) >= 11 is 0. The molecule has 2 N–H and O–H groups in total. The number of aliphatic imine (C=N–C) groups is 1. The monoisotopic (exact) mass is 362 g/mol. The normalized spacial score (nSPS) is 11.0. The summed E-state index contributed by atoms with van der Waals surface area (Å²) in [5.74, 6) is 1.53. The molecular weight excluding hydrogens is 339 g/mol. The number of halogens is 1. The van der Waals surface area contributed by atoms with Gasteiger partial charge in [-0.2, -0.15) is 0 Å². The molecule has 0 amide bonds. The second kappa shape index (κ2) is 10.1. The maximum Gasteiger partial charge on any atom is 0.191 e. The van der Waals surface area contributed by atoms with Crippen LogP contribution in [0.5, 0.6) is 0 Å². The van der Waals surface area contributed by atoms with Crippen molar-refractivity contribution in [3.63, 3.8) is 0 Å². The van der Waals surface area contributed by atoms with Gasteiger partial charge in [-0.15, -0.1) is 24.0 Å². The lowest BCUT2D eigenvalue weighted by atomic mass is 10.1. The van der Waals surface area contributed by atoms with Crippen LogP contribution in [-0.2, 0) is 6.54 Å². The Kier molecular flexibility index (Phi) is 9.63. The molecule has 1 aromatic rings. The van der Waals surface area contributed by atoms with E-state index in [-0.39, 0.29) is 24.0 Å². The fourth-order valence-electron chi connectivity index (χ4n) is 1.38. The minimum atomic E-state index is 0. The molecule has 0 spiro atoms. The SMILES string of the molecule is CN=C(NCCC(C)C)NCc1ccccn1.I. The van der Waals surface area contributed by atoms with Gasteiger partial charge in [0, 0.05) is 19.8 Å². The van der Waals surface area contributed by atoms with E-state index < -0.39 is 0 Å². The average Bonchev–Trinajstić information content (AvgIpc) is 2.34. The molecule has 0 saturated carbocycles. The highest BCUT2D eigenvalue weighted by atomic mass is 127. The molecule has 0 fully saturated rings. The summed E-state index contributed by atoms with van der Waals surface area (Å²) in [6, 6.07) is 5.90. The Balaban J connectivity index is 0.00000289. The van der Waals surface area contributed by atoms with Gasteiger partial charge in [0.05, 0.1) is 12.2 Å². The number of guanidine groups is 1. The zero-order valence-electron chi connectivity index (χ0n) is 11.3. The Bertz CT molecular complexity index is 338. The van der Waals surface area contributed by atoms with Crippen molar-refractivity contribution in [3.8, 4) is 0 Å².